The van der Waals surface area contributed by atoms with Crippen molar-refractivity contribution in [2.45, 2.75) is 51.7 Å². The van der Waals surface area contributed by atoms with Crippen molar-refractivity contribution in [1.82, 2.24) is 0 Å². The predicted octanol–water partition coefficient (Wildman–Crippen LogP) is 3.63. The van der Waals surface area contributed by atoms with E-state index in [1.807, 2.05) is 6.92 Å². The van der Waals surface area contributed by atoms with Gasteiger partial charge in [0.2, 0.25) is 5.76 Å². The number of aromatic carboxylic acids is 1. The van der Waals surface area contributed by atoms with E-state index in [9.17, 15) is 4.79 Å². The molecule has 1 aromatic heterocycles. The Morgan fingerprint density at radius 2 is 2.06 bits per heavy atom. The zero-order chi connectivity index (χ0) is 13.1. The molecule has 4 nitrogen and oxygen atoms in total. The molecule has 0 radical (unpaired) electrons. The van der Waals surface area contributed by atoms with Gasteiger partial charge in [-0.15, -0.1) is 0 Å². The molecule has 1 aliphatic rings. The van der Waals surface area contributed by atoms with Gasteiger partial charge in [0, 0.05) is 0 Å². The summed E-state index contributed by atoms with van der Waals surface area (Å²) in [6.45, 7) is 4.17. The predicted molar refractivity (Wildman–Crippen MR) is 66.6 cm³/mol. The Labute approximate surface area is 107 Å². The fourth-order valence-electron chi connectivity index (χ4n) is 2.41. The number of carboxylic acids is 1. The van der Waals surface area contributed by atoms with Crippen LogP contribution >= 0.6 is 0 Å². The van der Waals surface area contributed by atoms with E-state index < -0.39 is 5.97 Å². The molecule has 18 heavy (non-hydrogen) atoms. The van der Waals surface area contributed by atoms with Crippen LogP contribution in [0.25, 0.3) is 0 Å². The van der Waals surface area contributed by atoms with Gasteiger partial charge in [-0.1, -0.05) is 6.92 Å². The summed E-state index contributed by atoms with van der Waals surface area (Å²) in [6.07, 6.45) is 4.66. The van der Waals surface area contributed by atoms with Crippen LogP contribution in [-0.2, 0) is 4.74 Å². The molecule has 0 amide bonds. The Bertz CT molecular complexity index is 402. The third-order valence-corrected chi connectivity index (χ3v) is 3.60. The monoisotopic (exact) mass is 252 g/mol. The van der Waals surface area contributed by atoms with Crippen molar-refractivity contribution < 1.29 is 19.1 Å². The molecule has 0 aromatic carbocycles. The molecule has 1 heterocycles. The number of carboxylic acid groups (broad SMARTS) is 1. The molecular formula is C14H20O4. The summed E-state index contributed by atoms with van der Waals surface area (Å²) >= 11 is 0. The van der Waals surface area contributed by atoms with Crippen LogP contribution in [0.2, 0.25) is 0 Å². The maximum absolute atomic E-state index is 10.7. The molecule has 1 N–H and O–H groups in total. The zero-order valence-corrected chi connectivity index (χ0v) is 10.9. The lowest BCUT2D eigenvalue weighted by Crippen LogP contribution is -2.21. The summed E-state index contributed by atoms with van der Waals surface area (Å²) in [5.41, 5.74) is 0. The molecule has 0 saturated heterocycles. The third-order valence-electron chi connectivity index (χ3n) is 3.60. The second-order valence-corrected chi connectivity index (χ2v) is 5.17. The van der Waals surface area contributed by atoms with Crippen molar-refractivity contribution >= 4 is 5.97 Å². The third kappa shape index (κ3) is 3.13. The van der Waals surface area contributed by atoms with Crippen LogP contribution in [0.3, 0.4) is 0 Å². The van der Waals surface area contributed by atoms with Crippen LogP contribution in [0.4, 0.5) is 0 Å². The second-order valence-electron chi connectivity index (χ2n) is 5.17. The quantitative estimate of drug-likeness (QED) is 0.888. The lowest BCUT2D eigenvalue weighted by atomic mass is 9.89. The molecule has 1 unspecified atom stereocenters. The first-order chi connectivity index (χ1) is 8.56. The van der Waals surface area contributed by atoms with Crippen molar-refractivity contribution in [3.8, 4) is 0 Å². The summed E-state index contributed by atoms with van der Waals surface area (Å²) in [6, 6.07) is 3.15. The Morgan fingerprint density at radius 3 is 2.61 bits per heavy atom. The Hall–Kier alpha value is -1.29. The molecule has 0 aliphatic heterocycles. The van der Waals surface area contributed by atoms with Gasteiger partial charge in [0.25, 0.3) is 0 Å². The summed E-state index contributed by atoms with van der Waals surface area (Å²) in [5, 5.41) is 8.80. The largest absolute Gasteiger partial charge is 0.475 e. The van der Waals surface area contributed by atoms with Gasteiger partial charge in [0.1, 0.15) is 11.9 Å². The van der Waals surface area contributed by atoms with Crippen LogP contribution in [0.5, 0.6) is 0 Å². The van der Waals surface area contributed by atoms with E-state index in [1.54, 1.807) is 6.07 Å². The minimum absolute atomic E-state index is 0.0299. The first kappa shape index (κ1) is 13.1. The fourth-order valence-corrected chi connectivity index (χ4v) is 2.41. The van der Waals surface area contributed by atoms with E-state index in [4.69, 9.17) is 14.3 Å². The number of furan rings is 1. The van der Waals surface area contributed by atoms with Crippen molar-refractivity contribution in [1.29, 1.82) is 0 Å². The lowest BCUT2D eigenvalue weighted by Gasteiger charge is -2.28. The first-order valence-corrected chi connectivity index (χ1v) is 6.54. The van der Waals surface area contributed by atoms with E-state index in [1.165, 1.54) is 18.9 Å². The number of rotatable bonds is 4. The van der Waals surface area contributed by atoms with E-state index in [0.717, 1.165) is 18.8 Å². The molecule has 1 aliphatic carbocycles. The van der Waals surface area contributed by atoms with Crippen LogP contribution in [-0.4, -0.2) is 17.2 Å². The van der Waals surface area contributed by atoms with Crippen LogP contribution in [0.1, 0.15) is 61.9 Å². The van der Waals surface area contributed by atoms with E-state index in [0.29, 0.717) is 5.76 Å². The summed E-state index contributed by atoms with van der Waals surface area (Å²) < 4.78 is 11.2. The van der Waals surface area contributed by atoms with Crippen molar-refractivity contribution in [2.75, 3.05) is 0 Å². The second kappa shape index (κ2) is 5.57. The zero-order valence-electron chi connectivity index (χ0n) is 10.9. The Morgan fingerprint density at radius 1 is 1.39 bits per heavy atom. The highest BCUT2D eigenvalue weighted by Crippen LogP contribution is 2.30. The van der Waals surface area contributed by atoms with Crippen LogP contribution in [0, 0.1) is 5.92 Å². The summed E-state index contributed by atoms with van der Waals surface area (Å²) in [5.74, 6) is 0.311. The topological polar surface area (TPSA) is 59.7 Å². The fraction of sp³-hybridized carbons (Fsp3) is 0.643. The molecule has 1 fully saturated rings. The van der Waals surface area contributed by atoms with Crippen LogP contribution in [0.15, 0.2) is 16.5 Å². The molecule has 100 valence electrons. The average molecular weight is 252 g/mol. The number of hydrogen-bond donors (Lipinski definition) is 1. The molecule has 1 aromatic rings. The van der Waals surface area contributed by atoms with Gasteiger partial charge >= 0.3 is 5.97 Å². The average Bonchev–Trinajstić information content (AvgIpc) is 2.81. The molecule has 4 heteroatoms. The highest BCUT2D eigenvalue weighted by Gasteiger charge is 2.23. The van der Waals surface area contributed by atoms with Gasteiger partial charge in [0.05, 0.1) is 6.10 Å². The van der Waals surface area contributed by atoms with Gasteiger partial charge in [-0.05, 0) is 50.7 Å². The molecular weight excluding hydrogens is 232 g/mol. The molecule has 2 rings (SSSR count). The van der Waals surface area contributed by atoms with E-state index in [-0.39, 0.29) is 18.0 Å². The van der Waals surface area contributed by atoms with Crippen molar-refractivity contribution in [3.05, 3.63) is 23.7 Å². The van der Waals surface area contributed by atoms with Gasteiger partial charge in [0.15, 0.2) is 0 Å². The number of hydrogen-bond acceptors (Lipinski definition) is 3. The smallest absolute Gasteiger partial charge is 0.371 e. The number of carbonyl (C=O) groups is 1. The maximum atomic E-state index is 10.7. The molecule has 0 bridgehead atoms. The highest BCUT2D eigenvalue weighted by atomic mass is 16.5. The molecule has 0 spiro atoms. The van der Waals surface area contributed by atoms with Crippen molar-refractivity contribution in [3.63, 3.8) is 0 Å². The normalized spacial score (nSPS) is 25.9. The lowest BCUT2D eigenvalue weighted by molar-refractivity contribution is -0.0374. The summed E-state index contributed by atoms with van der Waals surface area (Å²) in [7, 11) is 0. The molecule has 1 atom stereocenters. The number of ether oxygens (including phenoxy) is 1. The molecule has 1 saturated carbocycles. The minimum atomic E-state index is -1.04. The maximum Gasteiger partial charge on any atom is 0.371 e. The van der Waals surface area contributed by atoms with E-state index in [2.05, 4.69) is 6.92 Å². The Kier molecular flexibility index (Phi) is 4.07. The summed E-state index contributed by atoms with van der Waals surface area (Å²) in [4.78, 5) is 10.7. The first-order valence-electron chi connectivity index (χ1n) is 6.54. The van der Waals surface area contributed by atoms with Gasteiger partial charge in [-0.2, -0.15) is 0 Å². The van der Waals surface area contributed by atoms with E-state index >= 15 is 0 Å². The SMILES string of the molecule is CC1CCC(OC(C)c2ccc(C(=O)O)o2)CC1. The highest BCUT2D eigenvalue weighted by molar-refractivity contribution is 5.84. The Balaban J connectivity index is 1.90. The van der Waals surface area contributed by atoms with Crippen molar-refractivity contribution in [2.24, 2.45) is 5.92 Å². The minimum Gasteiger partial charge on any atom is -0.475 e. The van der Waals surface area contributed by atoms with Gasteiger partial charge in [-0.25, -0.2) is 4.79 Å². The van der Waals surface area contributed by atoms with Crippen LogP contribution < -0.4 is 0 Å². The van der Waals surface area contributed by atoms with Gasteiger partial charge < -0.3 is 14.3 Å². The van der Waals surface area contributed by atoms with Gasteiger partial charge in [-0.3, -0.25) is 0 Å². The standard InChI is InChI=1S/C14H20O4/c1-9-3-5-11(6-4-9)17-10(2)12-7-8-13(18-12)14(15)16/h7-11H,3-6H2,1-2H3,(H,15,16).